The van der Waals surface area contributed by atoms with Crippen molar-refractivity contribution >= 4 is 50.7 Å². The van der Waals surface area contributed by atoms with Gasteiger partial charge in [-0.3, -0.25) is 14.4 Å². The Morgan fingerprint density at radius 2 is 1.71 bits per heavy atom. The Kier molecular flexibility index (Phi) is 5.08. The van der Waals surface area contributed by atoms with Gasteiger partial charge in [-0.2, -0.15) is 0 Å². The maximum atomic E-state index is 13.7. The van der Waals surface area contributed by atoms with Crippen molar-refractivity contribution in [3.63, 3.8) is 0 Å². The highest BCUT2D eigenvalue weighted by Gasteiger charge is 2.60. The maximum Gasteiger partial charge on any atom is 0.266 e. The highest BCUT2D eigenvalue weighted by molar-refractivity contribution is 9.10. The Labute approximate surface area is 193 Å². The molecule has 3 aromatic carbocycles. The highest BCUT2D eigenvalue weighted by Crippen LogP contribution is 2.48. The molecule has 7 heteroatoms. The zero-order valence-electron chi connectivity index (χ0n) is 16.5. The number of rotatable bonds is 3. The van der Waals surface area contributed by atoms with Crippen LogP contribution in [0.3, 0.4) is 0 Å². The Hall–Kier alpha value is -2.67. The SMILES string of the molecule is Cc1ccc(Cl)cc1N1C(=O)[C@H]2[C@H](ON(c3ccccc3)[C@@H]2c2cccc(Br)c2)C1=O. The van der Waals surface area contributed by atoms with Crippen molar-refractivity contribution in [1.29, 1.82) is 0 Å². The van der Waals surface area contributed by atoms with E-state index in [1.807, 2.05) is 61.5 Å². The number of para-hydroxylation sites is 1. The fraction of sp³-hybridized carbons (Fsp3) is 0.167. The molecule has 0 radical (unpaired) electrons. The summed E-state index contributed by atoms with van der Waals surface area (Å²) in [5.74, 6) is -1.34. The number of aryl methyl sites for hydroxylation is 1. The molecule has 0 aromatic heterocycles. The molecule has 156 valence electrons. The van der Waals surface area contributed by atoms with Gasteiger partial charge in [-0.05, 0) is 54.4 Å². The molecule has 2 aliphatic rings. The molecule has 2 heterocycles. The second-order valence-electron chi connectivity index (χ2n) is 7.66. The molecule has 0 bridgehead atoms. The fourth-order valence-corrected chi connectivity index (χ4v) is 4.89. The molecule has 0 saturated carbocycles. The standard InChI is InChI=1S/C24H18BrClN2O3/c1-14-10-11-17(26)13-19(14)27-23(29)20-21(15-6-5-7-16(25)12-15)28(31-22(20)24(27)30)18-8-3-2-4-9-18/h2-13,20-22H,1H3/t20-,21-,22+/m1/s1. The first kappa shape index (κ1) is 20.2. The Morgan fingerprint density at radius 1 is 0.935 bits per heavy atom. The Balaban J connectivity index is 1.61. The smallest absolute Gasteiger partial charge is 0.266 e. The lowest BCUT2D eigenvalue weighted by Gasteiger charge is -2.29. The van der Waals surface area contributed by atoms with Crippen molar-refractivity contribution in [2.24, 2.45) is 5.92 Å². The minimum absolute atomic E-state index is 0.288. The van der Waals surface area contributed by atoms with Crippen LogP contribution in [0.2, 0.25) is 5.02 Å². The molecule has 2 saturated heterocycles. The van der Waals surface area contributed by atoms with Crippen molar-refractivity contribution in [3.05, 3.63) is 93.4 Å². The van der Waals surface area contributed by atoms with Gasteiger partial charge in [0.2, 0.25) is 5.91 Å². The fourth-order valence-electron chi connectivity index (χ4n) is 4.30. The number of nitrogens with zero attached hydrogens (tertiary/aromatic N) is 2. The van der Waals surface area contributed by atoms with Crippen LogP contribution in [0.1, 0.15) is 17.2 Å². The summed E-state index contributed by atoms with van der Waals surface area (Å²) in [6.07, 6.45) is -0.907. The molecule has 5 rings (SSSR count). The van der Waals surface area contributed by atoms with Crippen molar-refractivity contribution in [2.45, 2.75) is 19.1 Å². The van der Waals surface area contributed by atoms with Crippen LogP contribution in [0.15, 0.2) is 77.3 Å². The first-order valence-corrected chi connectivity index (χ1v) is 11.0. The topological polar surface area (TPSA) is 49.9 Å². The average Bonchev–Trinajstić information content (AvgIpc) is 3.27. The van der Waals surface area contributed by atoms with Crippen molar-refractivity contribution in [3.8, 4) is 0 Å². The summed E-state index contributed by atoms with van der Waals surface area (Å²) in [7, 11) is 0. The molecule has 5 nitrogen and oxygen atoms in total. The molecular weight excluding hydrogens is 480 g/mol. The molecule has 0 N–H and O–H groups in total. The van der Waals surface area contributed by atoms with E-state index in [2.05, 4.69) is 15.9 Å². The van der Waals surface area contributed by atoms with Gasteiger partial charge in [0.05, 0.1) is 17.4 Å². The predicted molar refractivity (Wildman–Crippen MR) is 123 cm³/mol. The molecule has 0 spiro atoms. The molecule has 0 aliphatic carbocycles. The van der Waals surface area contributed by atoms with Crippen LogP contribution in [-0.4, -0.2) is 17.9 Å². The Bertz CT molecular complexity index is 1190. The van der Waals surface area contributed by atoms with Gasteiger partial charge in [0.15, 0.2) is 6.10 Å². The van der Waals surface area contributed by atoms with Gasteiger partial charge in [-0.15, -0.1) is 0 Å². The normalized spacial score (nSPS) is 22.9. The number of fused-ring (bicyclic) bond motifs is 1. The third-order valence-corrected chi connectivity index (χ3v) is 6.46. The van der Waals surface area contributed by atoms with Gasteiger partial charge in [-0.25, -0.2) is 9.96 Å². The second-order valence-corrected chi connectivity index (χ2v) is 9.01. The third kappa shape index (κ3) is 3.35. The van der Waals surface area contributed by atoms with E-state index < -0.39 is 18.1 Å². The number of imide groups is 1. The van der Waals surface area contributed by atoms with E-state index in [9.17, 15) is 9.59 Å². The molecule has 0 unspecified atom stereocenters. The molecule has 2 fully saturated rings. The lowest BCUT2D eigenvalue weighted by molar-refractivity contribution is -0.126. The van der Waals surface area contributed by atoms with Crippen LogP contribution in [0.5, 0.6) is 0 Å². The summed E-state index contributed by atoms with van der Waals surface area (Å²) in [4.78, 5) is 34.4. The Morgan fingerprint density at radius 3 is 2.45 bits per heavy atom. The van der Waals surface area contributed by atoms with Crippen LogP contribution in [0.4, 0.5) is 11.4 Å². The summed E-state index contributed by atoms with van der Waals surface area (Å²) in [5, 5.41) is 2.16. The lowest BCUT2D eigenvalue weighted by Crippen LogP contribution is -2.37. The second kappa shape index (κ2) is 7.79. The van der Waals surface area contributed by atoms with E-state index in [0.29, 0.717) is 10.7 Å². The predicted octanol–water partition coefficient (Wildman–Crippen LogP) is 5.46. The van der Waals surface area contributed by atoms with Crippen molar-refractivity contribution < 1.29 is 14.4 Å². The third-order valence-electron chi connectivity index (χ3n) is 5.73. The number of benzene rings is 3. The lowest BCUT2D eigenvalue weighted by atomic mass is 9.90. The van der Waals surface area contributed by atoms with Crippen LogP contribution < -0.4 is 9.96 Å². The number of carbonyl (C=O) groups excluding carboxylic acids is 2. The van der Waals surface area contributed by atoms with E-state index >= 15 is 0 Å². The molecule has 2 amide bonds. The highest BCUT2D eigenvalue weighted by atomic mass is 79.9. The molecule has 31 heavy (non-hydrogen) atoms. The van der Waals surface area contributed by atoms with E-state index in [4.69, 9.17) is 16.4 Å². The minimum Gasteiger partial charge on any atom is -0.273 e. The van der Waals surface area contributed by atoms with Gasteiger partial charge in [0.1, 0.15) is 5.92 Å². The maximum absolute atomic E-state index is 13.7. The summed E-state index contributed by atoms with van der Waals surface area (Å²) in [6, 6.07) is 22.0. The molecule has 3 atom stereocenters. The van der Waals surface area contributed by atoms with E-state index in [1.165, 1.54) is 4.90 Å². The van der Waals surface area contributed by atoms with Crippen LogP contribution in [-0.2, 0) is 14.4 Å². The molecule has 3 aromatic rings. The van der Waals surface area contributed by atoms with Gasteiger partial charge >= 0.3 is 0 Å². The van der Waals surface area contributed by atoms with Crippen molar-refractivity contribution in [1.82, 2.24) is 0 Å². The molecular formula is C24H18BrClN2O3. The largest absolute Gasteiger partial charge is 0.273 e. The number of anilines is 2. The van der Waals surface area contributed by atoms with E-state index in [-0.39, 0.29) is 11.8 Å². The van der Waals surface area contributed by atoms with Crippen LogP contribution >= 0.6 is 27.5 Å². The van der Waals surface area contributed by atoms with Gasteiger partial charge in [0.25, 0.3) is 5.91 Å². The zero-order valence-corrected chi connectivity index (χ0v) is 18.9. The summed E-state index contributed by atoms with van der Waals surface area (Å²) in [5.41, 5.74) is 2.97. The molecule has 2 aliphatic heterocycles. The first-order chi connectivity index (χ1) is 15.0. The average molecular weight is 498 g/mol. The number of hydroxylamine groups is 1. The summed E-state index contributed by atoms with van der Waals surface area (Å²) in [6.45, 7) is 1.85. The number of halogens is 2. The zero-order chi connectivity index (χ0) is 21.7. The van der Waals surface area contributed by atoms with Gasteiger partial charge < -0.3 is 0 Å². The van der Waals surface area contributed by atoms with Crippen LogP contribution in [0.25, 0.3) is 0 Å². The number of amides is 2. The number of hydrogen-bond acceptors (Lipinski definition) is 4. The summed E-state index contributed by atoms with van der Waals surface area (Å²) >= 11 is 9.68. The number of carbonyl (C=O) groups is 2. The minimum atomic E-state index is -0.907. The van der Waals surface area contributed by atoms with Crippen molar-refractivity contribution in [2.75, 3.05) is 9.96 Å². The quantitative estimate of drug-likeness (QED) is 0.451. The van der Waals surface area contributed by atoms with E-state index in [0.717, 1.165) is 21.3 Å². The van der Waals surface area contributed by atoms with Gasteiger partial charge in [-0.1, -0.05) is 63.9 Å². The van der Waals surface area contributed by atoms with E-state index in [1.54, 1.807) is 23.3 Å². The van der Waals surface area contributed by atoms with Gasteiger partial charge in [0, 0.05) is 9.50 Å². The summed E-state index contributed by atoms with van der Waals surface area (Å²) < 4.78 is 0.890. The monoisotopic (exact) mass is 496 g/mol. The number of hydrogen-bond donors (Lipinski definition) is 0. The van der Waals surface area contributed by atoms with Crippen LogP contribution in [0, 0.1) is 12.8 Å². The first-order valence-electron chi connectivity index (χ1n) is 9.86.